The molecule has 1 aromatic carbocycles. The van der Waals surface area contributed by atoms with Crippen LogP contribution in [0.15, 0.2) is 30.6 Å². The number of carboxylic acid groups (broad SMARTS) is 1. The van der Waals surface area contributed by atoms with Crippen LogP contribution < -0.4 is 10.9 Å². The number of aromatic nitrogens is 2. The molecule has 0 radical (unpaired) electrons. The molecule has 0 amide bonds. The fourth-order valence-electron chi connectivity index (χ4n) is 3.83. The SMILES string of the molecule is O=C(O)C1c2nc[nH]c2CCN1CC1CNNC1c1ccc(F)cc1. The maximum absolute atomic E-state index is 13.2. The summed E-state index contributed by atoms with van der Waals surface area (Å²) in [4.78, 5) is 21.0. The monoisotopic (exact) mass is 345 g/mol. The minimum atomic E-state index is -0.884. The molecule has 0 spiro atoms. The Morgan fingerprint density at radius 2 is 2.16 bits per heavy atom. The van der Waals surface area contributed by atoms with Crippen LogP contribution in [0.5, 0.6) is 0 Å². The van der Waals surface area contributed by atoms with Gasteiger partial charge in [-0.25, -0.2) is 14.8 Å². The van der Waals surface area contributed by atoms with Crippen LogP contribution >= 0.6 is 0 Å². The van der Waals surface area contributed by atoms with E-state index in [-0.39, 0.29) is 17.8 Å². The van der Waals surface area contributed by atoms with Crippen LogP contribution in [-0.4, -0.2) is 45.6 Å². The van der Waals surface area contributed by atoms with Crippen LogP contribution in [0.1, 0.15) is 29.0 Å². The number of halogens is 1. The highest BCUT2D eigenvalue weighted by atomic mass is 19.1. The van der Waals surface area contributed by atoms with Crippen molar-refractivity contribution in [2.75, 3.05) is 19.6 Å². The molecule has 1 saturated heterocycles. The van der Waals surface area contributed by atoms with Gasteiger partial charge in [0.1, 0.15) is 5.82 Å². The summed E-state index contributed by atoms with van der Waals surface area (Å²) < 4.78 is 13.2. The Morgan fingerprint density at radius 3 is 2.92 bits per heavy atom. The first-order valence-electron chi connectivity index (χ1n) is 8.36. The van der Waals surface area contributed by atoms with Gasteiger partial charge in [0.15, 0.2) is 6.04 Å². The molecule has 2 aromatic rings. The molecular formula is C17H20FN5O2. The molecule has 3 heterocycles. The number of aliphatic carboxylic acids is 1. The molecule has 0 aliphatic carbocycles. The molecule has 1 fully saturated rings. The van der Waals surface area contributed by atoms with Gasteiger partial charge in [-0.2, -0.15) is 0 Å². The predicted octanol–water partition coefficient (Wildman–Crippen LogP) is 0.998. The van der Waals surface area contributed by atoms with Crippen molar-refractivity contribution < 1.29 is 14.3 Å². The van der Waals surface area contributed by atoms with Crippen molar-refractivity contribution in [1.82, 2.24) is 25.7 Å². The van der Waals surface area contributed by atoms with E-state index in [9.17, 15) is 14.3 Å². The molecule has 2 aliphatic rings. The van der Waals surface area contributed by atoms with E-state index in [1.807, 2.05) is 4.90 Å². The number of hydrazine groups is 1. The van der Waals surface area contributed by atoms with Crippen molar-refractivity contribution in [2.45, 2.75) is 18.5 Å². The Balaban J connectivity index is 1.54. The lowest BCUT2D eigenvalue weighted by Crippen LogP contribution is -2.43. The standard InChI is InChI=1S/C17H20FN5O2/c18-12-3-1-10(2-4-12)14-11(7-21-22-14)8-23-6-5-13-15(20-9-19-13)16(23)17(24)25/h1-4,9,11,14,16,21-22H,5-8H2,(H,19,20)(H,24,25). The zero-order valence-electron chi connectivity index (χ0n) is 13.6. The van der Waals surface area contributed by atoms with Crippen LogP contribution in [0, 0.1) is 11.7 Å². The third-order valence-corrected chi connectivity index (χ3v) is 5.05. The molecule has 2 aliphatic heterocycles. The minimum Gasteiger partial charge on any atom is -0.480 e. The van der Waals surface area contributed by atoms with Crippen molar-refractivity contribution in [3.63, 3.8) is 0 Å². The fraction of sp³-hybridized carbons (Fsp3) is 0.412. The van der Waals surface area contributed by atoms with Gasteiger partial charge >= 0.3 is 5.97 Å². The summed E-state index contributed by atoms with van der Waals surface area (Å²) in [6.45, 7) is 2.00. The molecule has 25 heavy (non-hydrogen) atoms. The maximum Gasteiger partial charge on any atom is 0.327 e. The lowest BCUT2D eigenvalue weighted by atomic mass is 9.92. The number of rotatable bonds is 4. The van der Waals surface area contributed by atoms with E-state index in [0.717, 1.165) is 24.2 Å². The topological polar surface area (TPSA) is 93.3 Å². The Kier molecular flexibility index (Phi) is 4.24. The number of fused-ring (bicyclic) bond motifs is 1. The number of carboxylic acids is 1. The summed E-state index contributed by atoms with van der Waals surface area (Å²) in [5.41, 5.74) is 8.86. The average molecular weight is 345 g/mol. The second-order valence-electron chi connectivity index (χ2n) is 6.57. The quantitative estimate of drug-likeness (QED) is 0.661. The zero-order chi connectivity index (χ0) is 17.4. The number of hydrogen-bond acceptors (Lipinski definition) is 5. The van der Waals surface area contributed by atoms with Crippen LogP contribution in [0.25, 0.3) is 0 Å². The number of H-pyrrole nitrogens is 1. The molecule has 7 nitrogen and oxygen atoms in total. The van der Waals surface area contributed by atoms with Crippen molar-refractivity contribution in [3.8, 4) is 0 Å². The number of benzene rings is 1. The van der Waals surface area contributed by atoms with E-state index >= 15 is 0 Å². The van der Waals surface area contributed by atoms with Gasteiger partial charge in [0.25, 0.3) is 0 Å². The van der Waals surface area contributed by atoms with Crippen LogP contribution in [0.2, 0.25) is 0 Å². The summed E-state index contributed by atoms with van der Waals surface area (Å²) >= 11 is 0. The molecule has 3 unspecified atom stereocenters. The van der Waals surface area contributed by atoms with Crippen LogP contribution in [0.3, 0.4) is 0 Å². The van der Waals surface area contributed by atoms with E-state index < -0.39 is 12.0 Å². The number of nitrogens with zero attached hydrogens (tertiary/aromatic N) is 2. The molecule has 4 rings (SSSR count). The zero-order valence-corrected chi connectivity index (χ0v) is 13.6. The second-order valence-corrected chi connectivity index (χ2v) is 6.57. The highest BCUT2D eigenvalue weighted by molar-refractivity contribution is 5.75. The highest BCUT2D eigenvalue weighted by Crippen LogP contribution is 2.32. The molecule has 8 heteroatoms. The normalized spacial score (nSPS) is 26.5. The van der Waals surface area contributed by atoms with E-state index in [4.69, 9.17) is 0 Å². The Hall–Kier alpha value is -2.29. The van der Waals surface area contributed by atoms with Gasteiger partial charge in [0, 0.05) is 37.7 Å². The van der Waals surface area contributed by atoms with Crippen molar-refractivity contribution in [3.05, 3.63) is 53.4 Å². The first kappa shape index (κ1) is 16.2. The first-order chi connectivity index (χ1) is 12.1. The molecule has 0 bridgehead atoms. The van der Waals surface area contributed by atoms with Crippen molar-refractivity contribution >= 4 is 5.97 Å². The summed E-state index contributed by atoms with van der Waals surface area (Å²) in [6, 6.07) is 5.71. The number of hydrogen-bond donors (Lipinski definition) is 4. The third-order valence-electron chi connectivity index (χ3n) is 5.05. The smallest absolute Gasteiger partial charge is 0.327 e. The van der Waals surface area contributed by atoms with E-state index in [2.05, 4.69) is 20.8 Å². The summed E-state index contributed by atoms with van der Waals surface area (Å²) in [5.74, 6) is -0.975. The van der Waals surface area contributed by atoms with Crippen LogP contribution in [0.4, 0.5) is 4.39 Å². The third kappa shape index (κ3) is 3.04. The van der Waals surface area contributed by atoms with Crippen LogP contribution in [-0.2, 0) is 11.2 Å². The Labute approximate surface area is 144 Å². The highest BCUT2D eigenvalue weighted by Gasteiger charge is 2.38. The number of carbonyl (C=O) groups is 1. The summed E-state index contributed by atoms with van der Waals surface area (Å²) in [7, 11) is 0. The van der Waals surface area contributed by atoms with Gasteiger partial charge in [-0.05, 0) is 17.7 Å². The largest absolute Gasteiger partial charge is 0.480 e. The van der Waals surface area contributed by atoms with E-state index in [1.54, 1.807) is 18.5 Å². The average Bonchev–Trinajstić information content (AvgIpc) is 3.24. The molecule has 0 saturated carbocycles. The molecule has 1 aromatic heterocycles. The minimum absolute atomic E-state index is 0.00984. The van der Waals surface area contributed by atoms with Gasteiger partial charge in [-0.1, -0.05) is 12.1 Å². The van der Waals surface area contributed by atoms with Crippen molar-refractivity contribution in [1.29, 1.82) is 0 Å². The Morgan fingerprint density at radius 1 is 1.36 bits per heavy atom. The number of aromatic amines is 1. The lowest BCUT2D eigenvalue weighted by Gasteiger charge is -2.35. The van der Waals surface area contributed by atoms with E-state index in [0.29, 0.717) is 18.8 Å². The van der Waals surface area contributed by atoms with E-state index in [1.165, 1.54) is 12.1 Å². The van der Waals surface area contributed by atoms with Gasteiger partial charge in [-0.15, -0.1) is 0 Å². The first-order valence-corrected chi connectivity index (χ1v) is 8.36. The molecular weight excluding hydrogens is 325 g/mol. The molecule has 3 atom stereocenters. The van der Waals surface area contributed by atoms with Crippen molar-refractivity contribution in [2.24, 2.45) is 5.92 Å². The predicted molar refractivity (Wildman–Crippen MR) is 88.0 cm³/mol. The number of nitrogens with one attached hydrogen (secondary N) is 3. The fourth-order valence-corrected chi connectivity index (χ4v) is 3.83. The maximum atomic E-state index is 13.2. The lowest BCUT2D eigenvalue weighted by molar-refractivity contribution is -0.144. The Bertz CT molecular complexity index is 763. The number of imidazole rings is 1. The molecule has 132 valence electrons. The van der Waals surface area contributed by atoms with Gasteiger partial charge < -0.3 is 10.1 Å². The summed E-state index contributed by atoms with van der Waals surface area (Å²) in [5, 5.41) is 9.69. The van der Waals surface area contributed by atoms with Gasteiger partial charge in [0.2, 0.25) is 0 Å². The summed E-state index contributed by atoms with van der Waals surface area (Å²) in [6.07, 6.45) is 2.32. The molecule has 4 N–H and O–H groups in total. The van der Waals surface area contributed by atoms with Gasteiger partial charge in [-0.3, -0.25) is 15.1 Å². The second kappa shape index (κ2) is 6.55. The van der Waals surface area contributed by atoms with Gasteiger partial charge in [0.05, 0.1) is 18.1 Å².